The summed E-state index contributed by atoms with van der Waals surface area (Å²) in [5.74, 6) is 0. The Kier molecular flexibility index (Phi) is 4.84. The molecule has 0 aliphatic rings. The Morgan fingerprint density at radius 2 is 1.52 bits per heavy atom. The molecule has 0 aliphatic carbocycles. The Bertz CT molecular complexity index is 617. The molecule has 112 valence electrons. The fourth-order valence-corrected chi connectivity index (χ4v) is 3.30. The molecule has 21 heavy (non-hydrogen) atoms. The topological polar surface area (TPSA) is 12.0 Å². The highest BCUT2D eigenvalue weighted by atomic mass is 14.9. The lowest BCUT2D eigenvalue weighted by molar-refractivity contribution is 0.621. The van der Waals surface area contributed by atoms with Crippen LogP contribution in [0.3, 0.4) is 0 Å². The van der Waals surface area contributed by atoms with Gasteiger partial charge in [0, 0.05) is 0 Å². The van der Waals surface area contributed by atoms with E-state index in [-0.39, 0.29) is 6.04 Å². The Hall–Kier alpha value is -1.60. The number of hydrogen-bond donors (Lipinski definition) is 1. The van der Waals surface area contributed by atoms with Crippen LogP contribution in [0, 0.1) is 34.6 Å². The van der Waals surface area contributed by atoms with Crippen molar-refractivity contribution in [2.24, 2.45) is 0 Å². The SMILES string of the molecule is CCNC(c1cccc(C)c1C)c1c(C)cc(C)cc1C. The average molecular weight is 281 g/mol. The van der Waals surface area contributed by atoms with Gasteiger partial charge in [0.05, 0.1) is 6.04 Å². The van der Waals surface area contributed by atoms with Gasteiger partial charge in [-0.1, -0.05) is 42.8 Å². The quantitative estimate of drug-likeness (QED) is 0.838. The van der Waals surface area contributed by atoms with E-state index < -0.39 is 0 Å². The van der Waals surface area contributed by atoms with Gasteiger partial charge in [-0.3, -0.25) is 0 Å². The summed E-state index contributed by atoms with van der Waals surface area (Å²) in [5.41, 5.74) is 9.66. The number of aryl methyl sites for hydroxylation is 4. The fourth-order valence-electron chi connectivity index (χ4n) is 3.30. The zero-order valence-corrected chi connectivity index (χ0v) is 14.2. The summed E-state index contributed by atoms with van der Waals surface area (Å²) in [6.45, 7) is 14.2. The third-order valence-corrected chi connectivity index (χ3v) is 4.39. The molecule has 1 N–H and O–H groups in total. The molecule has 0 fully saturated rings. The van der Waals surface area contributed by atoms with Crippen LogP contribution in [0.5, 0.6) is 0 Å². The first-order chi connectivity index (χ1) is 9.95. The molecule has 0 aromatic heterocycles. The first kappa shape index (κ1) is 15.8. The second-order valence-electron chi connectivity index (χ2n) is 6.09. The third-order valence-electron chi connectivity index (χ3n) is 4.39. The van der Waals surface area contributed by atoms with Crippen LogP contribution in [0.1, 0.15) is 51.9 Å². The normalized spacial score (nSPS) is 12.5. The van der Waals surface area contributed by atoms with Gasteiger partial charge in [-0.2, -0.15) is 0 Å². The maximum atomic E-state index is 3.68. The number of rotatable bonds is 4. The highest BCUT2D eigenvalue weighted by molar-refractivity contribution is 5.47. The maximum absolute atomic E-state index is 3.68. The lowest BCUT2D eigenvalue weighted by atomic mass is 9.87. The van der Waals surface area contributed by atoms with Crippen LogP contribution in [0.4, 0.5) is 0 Å². The summed E-state index contributed by atoms with van der Waals surface area (Å²) in [4.78, 5) is 0. The van der Waals surface area contributed by atoms with Gasteiger partial charge in [-0.25, -0.2) is 0 Å². The summed E-state index contributed by atoms with van der Waals surface area (Å²) in [6.07, 6.45) is 0. The van der Waals surface area contributed by atoms with Gasteiger partial charge >= 0.3 is 0 Å². The van der Waals surface area contributed by atoms with E-state index in [0.717, 1.165) is 6.54 Å². The highest BCUT2D eigenvalue weighted by Crippen LogP contribution is 2.31. The number of hydrogen-bond acceptors (Lipinski definition) is 1. The minimum Gasteiger partial charge on any atom is -0.307 e. The van der Waals surface area contributed by atoms with Crippen molar-refractivity contribution in [3.8, 4) is 0 Å². The molecule has 0 aliphatic heterocycles. The molecular formula is C20H27N. The monoisotopic (exact) mass is 281 g/mol. The van der Waals surface area contributed by atoms with Crippen molar-refractivity contribution in [2.45, 2.75) is 47.6 Å². The molecule has 2 rings (SSSR count). The standard InChI is InChI=1S/C20H27N/c1-7-21-20(18-10-8-9-14(3)17(18)6)19-15(4)11-13(2)12-16(19)5/h8-12,20-21H,7H2,1-6H3. The molecule has 0 spiro atoms. The molecule has 2 aromatic carbocycles. The molecule has 2 aromatic rings. The van der Waals surface area contributed by atoms with Crippen LogP contribution in [-0.2, 0) is 0 Å². The summed E-state index contributed by atoms with van der Waals surface area (Å²) < 4.78 is 0. The van der Waals surface area contributed by atoms with E-state index in [2.05, 4.69) is 77.2 Å². The largest absolute Gasteiger partial charge is 0.307 e. The minimum absolute atomic E-state index is 0.274. The zero-order chi connectivity index (χ0) is 15.6. The van der Waals surface area contributed by atoms with Gasteiger partial charge in [0.2, 0.25) is 0 Å². The van der Waals surface area contributed by atoms with Crippen molar-refractivity contribution in [3.63, 3.8) is 0 Å². The van der Waals surface area contributed by atoms with Gasteiger partial charge in [0.15, 0.2) is 0 Å². The van der Waals surface area contributed by atoms with E-state index in [1.807, 2.05) is 0 Å². The van der Waals surface area contributed by atoms with E-state index in [1.54, 1.807) is 0 Å². The molecule has 0 heterocycles. The molecule has 1 heteroatoms. The van der Waals surface area contributed by atoms with Gasteiger partial charge in [-0.05, 0) is 74.5 Å². The van der Waals surface area contributed by atoms with Crippen molar-refractivity contribution in [2.75, 3.05) is 6.54 Å². The number of nitrogens with one attached hydrogen (secondary N) is 1. The van der Waals surface area contributed by atoms with E-state index in [0.29, 0.717) is 0 Å². The number of benzene rings is 2. The molecule has 0 saturated carbocycles. The van der Waals surface area contributed by atoms with Gasteiger partial charge in [0.1, 0.15) is 0 Å². The van der Waals surface area contributed by atoms with Gasteiger partial charge in [-0.15, -0.1) is 0 Å². The highest BCUT2D eigenvalue weighted by Gasteiger charge is 2.19. The lowest BCUT2D eigenvalue weighted by Gasteiger charge is -2.25. The Balaban J connectivity index is 2.62. The van der Waals surface area contributed by atoms with E-state index in [1.165, 1.54) is 38.9 Å². The molecule has 1 nitrogen and oxygen atoms in total. The van der Waals surface area contributed by atoms with E-state index in [4.69, 9.17) is 0 Å². The Morgan fingerprint density at radius 1 is 0.905 bits per heavy atom. The fraction of sp³-hybridized carbons (Fsp3) is 0.400. The Morgan fingerprint density at radius 3 is 2.10 bits per heavy atom. The molecule has 0 saturated heterocycles. The summed E-state index contributed by atoms with van der Waals surface area (Å²) in [7, 11) is 0. The smallest absolute Gasteiger partial charge is 0.0584 e. The van der Waals surface area contributed by atoms with Crippen molar-refractivity contribution in [1.29, 1.82) is 0 Å². The van der Waals surface area contributed by atoms with Crippen LogP contribution in [0.2, 0.25) is 0 Å². The first-order valence-electron chi connectivity index (χ1n) is 7.83. The minimum atomic E-state index is 0.274. The van der Waals surface area contributed by atoms with Crippen LogP contribution >= 0.6 is 0 Å². The van der Waals surface area contributed by atoms with Crippen molar-refractivity contribution >= 4 is 0 Å². The maximum Gasteiger partial charge on any atom is 0.0584 e. The second kappa shape index (κ2) is 6.44. The van der Waals surface area contributed by atoms with Crippen molar-refractivity contribution in [1.82, 2.24) is 5.32 Å². The summed E-state index contributed by atoms with van der Waals surface area (Å²) >= 11 is 0. The van der Waals surface area contributed by atoms with Gasteiger partial charge in [0.25, 0.3) is 0 Å². The molecule has 1 atom stereocenters. The van der Waals surface area contributed by atoms with Crippen LogP contribution in [0.15, 0.2) is 30.3 Å². The summed E-state index contributed by atoms with van der Waals surface area (Å²) in [6, 6.07) is 11.5. The van der Waals surface area contributed by atoms with E-state index in [9.17, 15) is 0 Å². The lowest BCUT2D eigenvalue weighted by Crippen LogP contribution is -2.24. The molecule has 1 unspecified atom stereocenters. The average Bonchev–Trinajstić information content (AvgIpc) is 2.40. The second-order valence-corrected chi connectivity index (χ2v) is 6.09. The molecular weight excluding hydrogens is 254 g/mol. The van der Waals surface area contributed by atoms with Crippen LogP contribution < -0.4 is 5.32 Å². The zero-order valence-electron chi connectivity index (χ0n) is 14.2. The first-order valence-corrected chi connectivity index (χ1v) is 7.83. The Labute approximate surface area is 129 Å². The van der Waals surface area contributed by atoms with Gasteiger partial charge < -0.3 is 5.32 Å². The molecule has 0 amide bonds. The van der Waals surface area contributed by atoms with Crippen molar-refractivity contribution < 1.29 is 0 Å². The van der Waals surface area contributed by atoms with Crippen LogP contribution in [-0.4, -0.2) is 6.54 Å². The molecule has 0 bridgehead atoms. The van der Waals surface area contributed by atoms with E-state index >= 15 is 0 Å². The summed E-state index contributed by atoms with van der Waals surface area (Å²) in [5, 5.41) is 3.68. The third kappa shape index (κ3) is 3.19. The van der Waals surface area contributed by atoms with Crippen molar-refractivity contribution in [3.05, 3.63) is 69.3 Å². The van der Waals surface area contributed by atoms with Crippen LogP contribution in [0.25, 0.3) is 0 Å². The molecule has 0 radical (unpaired) electrons. The predicted molar refractivity (Wildman–Crippen MR) is 92.1 cm³/mol. The predicted octanol–water partition coefficient (Wildman–Crippen LogP) is 4.93.